The number of hydrogen-bond donors (Lipinski definition) is 1. The Morgan fingerprint density at radius 2 is 1.77 bits per heavy atom. The van der Waals surface area contributed by atoms with Gasteiger partial charge in [0.05, 0.1) is 0 Å². The van der Waals surface area contributed by atoms with Gasteiger partial charge in [0.1, 0.15) is 18.1 Å². The molecule has 0 amide bonds. The van der Waals surface area contributed by atoms with E-state index in [2.05, 4.69) is 4.74 Å². The summed E-state index contributed by atoms with van der Waals surface area (Å²) in [7, 11) is 1.33. The fourth-order valence-corrected chi connectivity index (χ4v) is 2.21. The number of carbonyl (C=O) groups is 1. The van der Waals surface area contributed by atoms with Gasteiger partial charge in [-0.15, -0.1) is 13.2 Å². The molecule has 0 aliphatic rings. The first-order valence-corrected chi connectivity index (χ1v) is 7.59. The first-order valence-electron chi connectivity index (χ1n) is 7.59. The molecule has 0 saturated heterocycles. The minimum Gasteiger partial charge on any atom is -0.489 e. The maximum atomic E-state index is 12.2. The van der Waals surface area contributed by atoms with Crippen LogP contribution in [0.4, 0.5) is 13.2 Å². The van der Waals surface area contributed by atoms with Gasteiger partial charge in [-0.2, -0.15) is 0 Å². The minimum absolute atomic E-state index is 0.0597. The van der Waals surface area contributed by atoms with Crippen LogP contribution in [0, 0.1) is 0 Å². The summed E-state index contributed by atoms with van der Waals surface area (Å²) in [6.45, 7) is 0.0597. The lowest BCUT2D eigenvalue weighted by atomic mass is 10.1. The number of carboxylic acid groups (broad SMARTS) is 1. The highest BCUT2D eigenvalue weighted by Crippen LogP contribution is 2.24. The van der Waals surface area contributed by atoms with Gasteiger partial charge in [0, 0.05) is 13.5 Å². The van der Waals surface area contributed by atoms with Gasteiger partial charge >= 0.3 is 12.3 Å². The molecule has 2 rings (SSSR count). The quantitative estimate of drug-likeness (QED) is 0.766. The van der Waals surface area contributed by atoms with E-state index < -0.39 is 18.4 Å². The van der Waals surface area contributed by atoms with Crippen molar-refractivity contribution in [3.63, 3.8) is 0 Å². The molecule has 1 N–H and O–H groups in total. The lowest BCUT2D eigenvalue weighted by Crippen LogP contribution is -2.24. The summed E-state index contributed by atoms with van der Waals surface area (Å²) in [6.07, 6.45) is -5.47. The van der Waals surface area contributed by atoms with Crippen LogP contribution >= 0.6 is 0 Å². The molecule has 140 valence electrons. The van der Waals surface area contributed by atoms with Gasteiger partial charge in [-0.3, -0.25) is 0 Å². The third-order valence-electron chi connectivity index (χ3n) is 3.44. The van der Waals surface area contributed by atoms with Gasteiger partial charge in [-0.05, 0) is 35.4 Å². The second-order valence-corrected chi connectivity index (χ2v) is 5.39. The van der Waals surface area contributed by atoms with Crippen LogP contribution in [0.15, 0.2) is 48.5 Å². The molecule has 0 spiro atoms. The summed E-state index contributed by atoms with van der Waals surface area (Å²) < 4.78 is 50.9. The first-order chi connectivity index (χ1) is 12.3. The maximum absolute atomic E-state index is 12.2. The Kier molecular flexibility index (Phi) is 6.46. The van der Waals surface area contributed by atoms with Crippen LogP contribution in [0.3, 0.4) is 0 Å². The number of carboxylic acids is 1. The fourth-order valence-electron chi connectivity index (χ4n) is 2.21. The molecule has 0 fully saturated rings. The van der Waals surface area contributed by atoms with Gasteiger partial charge in [0.2, 0.25) is 0 Å². The maximum Gasteiger partial charge on any atom is 0.573 e. The number of ether oxygens (including phenoxy) is 3. The number of rotatable bonds is 8. The molecule has 0 radical (unpaired) electrons. The predicted molar refractivity (Wildman–Crippen MR) is 86.0 cm³/mol. The van der Waals surface area contributed by atoms with Gasteiger partial charge in [0.25, 0.3) is 0 Å². The van der Waals surface area contributed by atoms with Crippen molar-refractivity contribution in [3.8, 4) is 11.5 Å². The summed E-state index contributed by atoms with van der Waals surface area (Å²) in [5.74, 6) is -0.859. The molecule has 2 aromatic carbocycles. The van der Waals surface area contributed by atoms with E-state index >= 15 is 0 Å². The van der Waals surface area contributed by atoms with Gasteiger partial charge in [0.15, 0.2) is 6.10 Å². The number of aliphatic carboxylic acids is 1. The summed E-state index contributed by atoms with van der Waals surface area (Å²) in [6, 6.07) is 12.2. The summed E-state index contributed by atoms with van der Waals surface area (Å²) in [5, 5.41) is 8.96. The molecule has 0 saturated carbocycles. The minimum atomic E-state index is -4.74. The van der Waals surface area contributed by atoms with Crippen molar-refractivity contribution in [2.24, 2.45) is 0 Å². The summed E-state index contributed by atoms with van der Waals surface area (Å²) >= 11 is 0. The van der Waals surface area contributed by atoms with Crippen LogP contribution in [-0.4, -0.2) is 30.7 Å². The van der Waals surface area contributed by atoms with E-state index in [4.69, 9.17) is 14.6 Å². The molecule has 26 heavy (non-hydrogen) atoms. The average molecular weight is 370 g/mol. The second-order valence-electron chi connectivity index (χ2n) is 5.39. The fraction of sp³-hybridized carbons (Fsp3) is 0.278. The second kappa shape index (κ2) is 8.57. The Hall–Kier alpha value is -2.74. The van der Waals surface area contributed by atoms with Crippen molar-refractivity contribution >= 4 is 5.97 Å². The Morgan fingerprint density at radius 1 is 1.08 bits per heavy atom. The third-order valence-corrected chi connectivity index (χ3v) is 3.44. The highest BCUT2D eigenvalue weighted by atomic mass is 19.4. The molecular formula is C18H17F3O5. The summed E-state index contributed by atoms with van der Waals surface area (Å²) in [4.78, 5) is 10.9. The van der Waals surface area contributed by atoms with E-state index in [-0.39, 0.29) is 18.8 Å². The van der Waals surface area contributed by atoms with Gasteiger partial charge in [-0.25, -0.2) is 4.79 Å². The Bertz CT molecular complexity index is 728. The lowest BCUT2D eigenvalue weighted by Gasteiger charge is -2.12. The Morgan fingerprint density at radius 3 is 2.35 bits per heavy atom. The van der Waals surface area contributed by atoms with Gasteiger partial charge in [-0.1, -0.05) is 24.3 Å². The van der Waals surface area contributed by atoms with Crippen LogP contribution in [0.5, 0.6) is 11.5 Å². The van der Waals surface area contributed by atoms with E-state index in [9.17, 15) is 18.0 Å². The Balaban J connectivity index is 1.94. The monoisotopic (exact) mass is 370 g/mol. The molecule has 8 heteroatoms. The highest BCUT2D eigenvalue weighted by Gasteiger charge is 2.31. The van der Waals surface area contributed by atoms with E-state index in [1.807, 2.05) is 0 Å². The zero-order valence-electron chi connectivity index (χ0n) is 13.8. The van der Waals surface area contributed by atoms with E-state index in [1.54, 1.807) is 30.3 Å². The van der Waals surface area contributed by atoms with Crippen molar-refractivity contribution in [3.05, 3.63) is 59.7 Å². The SMILES string of the molecule is COC(Cc1ccc(OCc2cccc(OC(F)(F)F)c2)cc1)C(=O)O. The molecule has 0 heterocycles. The molecule has 0 aliphatic heterocycles. The number of benzene rings is 2. The van der Waals surface area contributed by atoms with Crippen LogP contribution in [0.1, 0.15) is 11.1 Å². The molecule has 1 unspecified atom stereocenters. The van der Waals surface area contributed by atoms with Crippen LogP contribution < -0.4 is 9.47 Å². The number of halogens is 3. The molecule has 0 aromatic heterocycles. The van der Waals surface area contributed by atoms with E-state index in [0.717, 1.165) is 5.56 Å². The average Bonchev–Trinajstić information content (AvgIpc) is 2.57. The van der Waals surface area contributed by atoms with Crippen molar-refractivity contribution in [1.82, 2.24) is 0 Å². The van der Waals surface area contributed by atoms with Crippen LogP contribution in [-0.2, 0) is 22.6 Å². The van der Waals surface area contributed by atoms with Crippen LogP contribution in [0.25, 0.3) is 0 Å². The predicted octanol–water partition coefficient (Wildman–Crippen LogP) is 3.81. The zero-order valence-corrected chi connectivity index (χ0v) is 13.8. The molecule has 0 bridgehead atoms. The van der Waals surface area contributed by atoms with E-state index in [0.29, 0.717) is 11.3 Å². The van der Waals surface area contributed by atoms with Crippen molar-refractivity contribution in [2.75, 3.05) is 7.11 Å². The third kappa shape index (κ3) is 6.29. The first kappa shape index (κ1) is 19.6. The molecule has 1 atom stereocenters. The van der Waals surface area contributed by atoms with Crippen molar-refractivity contribution < 1.29 is 37.3 Å². The normalized spacial score (nSPS) is 12.5. The number of methoxy groups -OCH3 is 1. The highest BCUT2D eigenvalue weighted by molar-refractivity contribution is 5.72. The van der Waals surface area contributed by atoms with Crippen LogP contribution in [0.2, 0.25) is 0 Å². The van der Waals surface area contributed by atoms with E-state index in [1.165, 1.54) is 25.3 Å². The molecule has 2 aromatic rings. The standard InChI is InChI=1S/C18H17F3O5/c1-24-16(17(22)23)10-12-5-7-14(8-6-12)25-11-13-3-2-4-15(9-13)26-18(19,20)21/h2-9,16H,10-11H2,1H3,(H,22,23). The van der Waals surface area contributed by atoms with Gasteiger partial charge < -0.3 is 19.3 Å². The topological polar surface area (TPSA) is 65.0 Å². The summed E-state index contributed by atoms with van der Waals surface area (Å²) in [5.41, 5.74) is 1.27. The Labute approximate surface area is 147 Å². The largest absolute Gasteiger partial charge is 0.573 e. The molecule has 5 nitrogen and oxygen atoms in total. The molecular weight excluding hydrogens is 353 g/mol. The number of hydrogen-bond acceptors (Lipinski definition) is 4. The van der Waals surface area contributed by atoms with Crippen molar-refractivity contribution in [2.45, 2.75) is 25.5 Å². The number of alkyl halides is 3. The zero-order chi connectivity index (χ0) is 19.2. The molecule has 0 aliphatic carbocycles. The van der Waals surface area contributed by atoms with Crippen molar-refractivity contribution in [1.29, 1.82) is 0 Å². The smallest absolute Gasteiger partial charge is 0.489 e. The lowest BCUT2D eigenvalue weighted by molar-refractivity contribution is -0.274.